The number of benzene rings is 1. The highest BCUT2D eigenvalue weighted by Gasteiger charge is 2.64. The number of fused-ring (bicyclic) bond motifs is 1. The average Bonchev–Trinajstić information content (AvgIpc) is 3.01. The van der Waals surface area contributed by atoms with E-state index in [1.54, 1.807) is 44.2 Å². The maximum Gasteiger partial charge on any atom is 0.408 e. The molecule has 3 N–H and O–H groups in total. The lowest BCUT2D eigenvalue weighted by Crippen LogP contribution is -2.71. The minimum absolute atomic E-state index is 0.506. The summed E-state index contributed by atoms with van der Waals surface area (Å²) in [4.78, 5) is 50.8. The number of β-lactam (4-membered cyclic amide) rings is 1. The van der Waals surface area contributed by atoms with E-state index in [1.807, 2.05) is 6.07 Å². The van der Waals surface area contributed by atoms with Gasteiger partial charge in [-0.2, -0.15) is 0 Å². The molecule has 1 unspecified atom stereocenters. The molecule has 184 valence electrons. The molecule has 2 fully saturated rings. The smallest absolute Gasteiger partial charge is 0.408 e. The van der Waals surface area contributed by atoms with Crippen molar-refractivity contribution in [3.8, 4) is 0 Å². The number of aliphatic carboxylic acids is 1. The van der Waals surface area contributed by atoms with Crippen molar-refractivity contribution in [2.45, 2.75) is 45.9 Å². The van der Waals surface area contributed by atoms with Crippen LogP contribution in [0, 0.1) is 0 Å². The summed E-state index contributed by atoms with van der Waals surface area (Å²) < 4.78 is 2.27. The Hall–Kier alpha value is -2.14. The molecule has 1 aromatic rings. The third-order valence-electron chi connectivity index (χ3n) is 5.18. The Morgan fingerprint density at radius 3 is 2.50 bits per heavy atom. The van der Waals surface area contributed by atoms with Gasteiger partial charge >= 0.3 is 12.1 Å². The molecule has 3 amide bonds. The standard InChI is InChI=1S/C21H22Cl3N3O6S/c1-20(2)14(18(30)31)27-16(29)13(17(27)34-20)26-15(28)12(9-8-11-6-4-3-5-7-11)25-19(32)33-10-21(22,23)24/h3-9,12-14,17H,10H2,1-2H3,(H,25,32)(H,26,28)(H,30,31)/b9-8+/t12?,13-,14+,17-/m1/s1. The van der Waals surface area contributed by atoms with E-state index in [2.05, 4.69) is 10.6 Å². The molecule has 2 aliphatic heterocycles. The first-order valence-electron chi connectivity index (χ1n) is 10.1. The number of carboxylic acid groups (broad SMARTS) is 1. The fourth-order valence-electron chi connectivity index (χ4n) is 3.68. The lowest BCUT2D eigenvalue weighted by molar-refractivity contribution is -0.161. The van der Waals surface area contributed by atoms with Crippen LogP contribution in [0.15, 0.2) is 36.4 Å². The van der Waals surface area contributed by atoms with Crippen molar-refractivity contribution in [3.05, 3.63) is 42.0 Å². The monoisotopic (exact) mass is 549 g/mol. The van der Waals surface area contributed by atoms with Gasteiger partial charge in [-0.15, -0.1) is 11.8 Å². The lowest BCUT2D eigenvalue weighted by Gasteiger charge is -2.43. The number of alkyl halides is 3. The van der Waals surface area contributed by atoms with E-state index in [-0.39, 0.29) is 0 Å². The number of carbonyl (C=O) groups excluding carboxylic acids is 3. The van der Waals surface area contributed by atoms with Crippen LogP contribution in [0.2, 0.25) is 0 Å². The predicted molar refractivity (Wildman–Crippen MR) is 130 cm³/mol. The van der Waals surface area contributed by atoms with Gasteiger partial charge in [-0.25, -0.2) is 9.59 Å². The van der Waals surface area contributed by atoms with Gasteiger partial charge in [0.15, 0.2) is 0 Å². The number of nitrogens with zero attached hydrogens (tertiary/aromatic N) is 1. The van der Waals surface area contributed by atoms with Crippen LogP contribution in [0.25, 0.3) is 6.08 Å². The number of halogens is 3. The number of carboxylic acids is 1. The number of nitrogens with one attached hydrogen (secondary N) is 2. The Morgan fingerprint density at radius 2 is 1.91 bits per heavy atom. The predicted octanol–water partition coefficient (Wildman–Crippen LogP) is 2.80. The van der Waals surface area contributed by atoms with Gasteiger partial charge in [0, 0.05) is 4.75 Å². The van der Waals surface area contributed by atoms with Crippen LogP contribution < -0.4 is 10.6 Å². The van der Waals surface area contributed by atoms with Crippen LogP contribution in [0.1, 0.15) is 19.4 Å². The van der Waals surface area contributed by atoms with Gasteiger partial charge in [-0.3, -0.25) is 9.59 Å². The summed E-state index contributed by atoms with van der Waals surface area (Å²) in [6, 6.07) is 5.85. The average molecular weight is 551 g/mol. The van der Waals surface area contributed by atoms with Gasteiger partial charge < -0.3 is 25.4 Å². The van der Waals surface area contributed by atoms with E-state index in [0.29, 0.717) is 0 Å². The second-order valence-electron chi connectivity index (χ2n) is 8.17. The van der Waals surface area contributed by atoms with Gasteiger partial charge in [0.25, 0.3) is 0 Å². The number of amides is 3. The van der Waals surface area contributed by atoms with Crippen molar-refractivity contribution in [2.75, 3.05) is 6.61 Å². The lowest BCUT2D eigenvalue weighted by atomic mass is 9.96. The van der Waals surface area contributed by atoms with E-state index in [0.717, 1.165) is 5.56 Å². The molecule has 13 heteroatoms. The highest BCUT2D eigenvalue weighted by molar-refractivity contribution is 8.01. The van der Waals surface area contributed by atoms with E-state index in [4.69, 9.17) is 39.5 Å². The van der Waals surface area contributed by atoms with E-state index in [1.165, 1.54) is 22.7 Å². The molecule has 4 atom stereocenters. The second-order valence-corrected chi connectivity index (χ2v) is 12.5. The quantitative estimate of drug-likeness (QED) is 0.352. The van der Waals surface area contributed by atoms with Gasteiger partial charge in [0.05, 0.1) is 0 Å². The molecule has 0 aliphatic carbocycles. The zero-order chi connectivity index (χ0) is 25.3. The summed E-state index contributed by atoms with van der Waals surface area (Å²) in [5, 5.41) is 14.0. The Labute approximate surface area is 215 Å². The molecular weight excluding hydrogens is 529 g/mol. The molecule has 9 nitrogen and oxygen atoms in total. The van der Waals surface area contributed by atoms with Gasteiger partial charge in [0.1, 0.15) is 30.1 Å². The molecule has 0 spiro atoms. The highest BCUT2D eigenvalue weighted by atomic mass is 35.6. The third kappa shape index (κ3) is 6.10. The first-order chi connectivity index (χ1) is 15.8. The molecule has 0 saturated carbocycles. The minimum atomic E-state index is -1.83. The van der Waals surface area contributed by atoms with Crippen molar-refractivity contribution in [2.24, 2.45) is 0 Å². The number of alkyl carbamates (subject to hydrolysis) is 1. The minimum Gasteiger partial charge on any atom is -0.480 e. The van der Waals surface area contributed by atoms with Gasteiger partial charge in [0.2, 0.25) is 15.6 Å². The van der Waals surface area contributed by atoms with Crippen molar-refractivity contribution >= 4 is 76.5 Å². The molecule has 34 heavy (non-hydrogen) atoms. The van der Waals surface area contributed by atoms with Crippen LogP contribution >= 0.6 is 46.6 Å². The van der Waals surface area contributed by atoms with Crippen LogP contribution in [0.4, 0.5) is 4.79 Å². The molecule has 2 heterocycles. The summed E-state index contributed by atoms with van der Waals surface area (Å²) in [6.45, 7) is 2.92. The molecule has 2 saturated heterocycles. The fourth-order valence-corrected chi connectivity index (χ4v) is 5.47. The van der Waals surface area contributed by atoms with Gasteiger partial charge in [-0.1, -0.05) is 77.3 Å². The fraction of sp³-hybridized carbons (Fsp3) is 0.429. The first kappa shape index (κ1) is 26.5. The number of rotatable bonds is 7. The maximum atomic E-state index is 13.0. The Kier molecular flexibility index (Phi) is 7.96. The SMILES string of the molecule is CC1(C)S[C@@H]2[C@H](NC(=O)C(/C=C/c3ccccc3)NC(=O)OCC(Cl)(Cl)Cl)C(=O)N2[C@H]1C(=O)O. The number of thioether (sulfide) groups is 1. The maximum absolute atomic E-state index is 13.0. The number of carbonyl (C=O) groups is 4. The van der Waals surface area contributed by atoms with Crippen LogP contribution in [-0.4, -0.2) is 72.5 Å². The first-order valence-corrected chi connectivity index (χ1v) is 12.1. The van der Waals surface area contributed by atoms with Crippen LogP contribution in [-0.2, 0) is 19.1 Å². The Morgan fingerprint density at radius 1 is 1.26 bits per heavy atom. The zero-order valence-electron chi connectivity index (χ0n) is 18.0. The van der Waals surface area contributed by atoms with E-state index < -0.39 is 62.5 Å². The summed E-state index contributed by atoms with van der Waals surface area (Å²) >= 11 is 18.0. The molecule has 0 bridgehead atoms. The Bertz CT molecular complexity index is 1000. The van der Waals surface area contributed by atoms with Crippen molar-refractivity contribution < 1.29 is 29.0 Å². The molecule has 1 aromatic carbocycles. The summed E-state index contributed by atoms with van der Waals surface area (Å²) in [7, 11) is 0. The number of ether oxygens (including phenoxy) is 1. The topological polar surface area (TPSA) is 125 Å². The number of hydrogen-bond acceptors (Lipinski definition) is 6. The summed E-state index contributed by atoms with van der Waals surface area (Å²) in [5.41, 5.74) is 0.764. The van der Waals surface area contributed by atoms with Crippen molar-refractivity contribution in [3.63, 3.8) is 0 Å². The van der Waals surface area contributed by atoms with Crippen molar-refractivity contribution in [1.82, 2.24) is 15.5 Å². The number of hydrogen-bond donors (Lipinski definition) is 3. The van der Waals surface area contributed by atoms with Crippen LogP contribution in [0.5, 0.6) is 0 Å². The normalized spacial score (nSPS) is 24.2. The molecule has 0 radical (unpaired) electrons. The van der Waals surface area contributed by atoms with Crippen LogP contribution in [0.3, 0.4) is 0 Å². The largest absolute Gasteiger partial charge is 0.480 e. The zero-order valence-corrected chi connectivity index (χ0v) is 21.1. The highest BCUT2D eigenvalue weighted by Crippen LogP contribution is 2.50. The second kappa shape index (κ2) is 10.2. The summed E-state index contributed by atoms with van der Waals surface area (Å²) in [5.74, 6) is -2.30. The molecule has 3 rings (SSSR count). The Balaban J connectivity index is 1.72. The van der Waals surface area contributed by atoms with Gasteiger partial charge in [-0.05, 0) is 19.4 Å². The third-order valence-corrected chi connectivity index (χ3v) is 7.07. The molecular formula is C21H22Cl3N3O6S. The van der Waals surface area contributed by atoms with E-state index >= 15 is 0 Å². The molecule has 2 aliphatic rings. The van der Waals surface area contributed by atoms with Crippen molar-refractivity contribution in [1.29, 1.82) is 0 Å². The molecule has 0 aromatic heterocycles. The van der Waals surface area contributed by atoms with E-state index in [9.17, 15) is 24.3 Å². The summed E-state index contributed by atoms with van der Waals surface area (Å²) in [6.07, 6.45) is 2.03.